The zero-order chi connectivity index (χ0) is 26.4. The van der Waals surface area contributed by atoms with Gasteiger partial charge in [0.2, 0.25) is 0 Å². The lowest BCUT2D eigenvalue weighted by Gasteiger charge is -2.26. The monoisotopic (exact) mass is 492 g/mol. The Morgan fingerprint density at radius 3 is 1.78 bits per heavy atom. The molecule has 11 heteroatoms. The summed E-state index contributed by atoms with van der Waals surface area (Å²) < 4.78 is 1.16. The van der Waals surface area contributed by atoms with E-state index in [1.54, 1.807) is 12.1 Å². The standard InChI is InChI=1S/C26H16N6O5/c27-12-20-22(14-4-1-6-16(10-14)31(34)35)18-8-3-9-19-23(15-5-2-7-17(11-15)32(36)37)21(13-28)26(33)30(24(18)19)25(20)29/h1-2,4-7,10-11H,3,8-9,29H2. The van der Waals surface area contributed by atoms with Gasteiger partial charge >= 0.3 is 0 Å². The van der Waals surface area contributed by atoms with Crippen molar-refractivity contribution in [3.8, 4) is 34.4 Å². The Morgan fingerprint density at radius 1 is 0.838 bits per heavy atom. The molecular formula is C26H16N6O5. The third-order valence-electron chi connectivity index (χ3n) is 6.58. The van der Waals surface area contributed by atoms with Gasteiger partial charge in [0, 0.05) is 35.4 Å². The van der Waals surface area contributed by atoms with Crippen LogP contribution in [0.4, 0.5) is 17.2 Å². The molecular weight excluding hydrogens is 476 g/mol. The molecule has 5 rings (SSSR count). The molecule has 0 fully saturated rings. The van der Waals surface area contributed by atoms with E-state index in [9.17, 15) is 35.5 Å². The van der Waals surface area contributed by atoms with Crippen LogP contribution in [-0.4, -0.2) is 14.2 Å². The number of aromatic nitrogens is 1. The second-order valence-electron chi connectivity index (χ2n) is 8.52. The summed E-state index contributed by atoms with van der Waals surface area (Å²) in [5, 5.41) is 42.8. The molecule has 0 unspecified atom stereocenters. The minimum Gasteiger partial charge on any atom is -0.384 e. The number of nitro benzene ring substituents is 2. The Morgan fingerprint density at radius 2 is 1.32 bits per heavy atom. The number of hydrogen-bond donors (Lipinski definition) is 1. The molecule has 2 aromatic carbocycles. The first-order chi connectivity index (χ1) is 17.8. The number of pyridine rings is 2. The van der Waals surface area contributed by atoms with E-state index in [4.69, 9.17) is 5.73 Å². The molecule has 0 spiro atoms. The summed E-state index contributed by atoms with van der Waals surface area (Å²) in [4.78, 5) is 35.4. The quantitative estimate of drug-likeness (QED) is 0.324. The van der Waals surface area contributed by atoms with Crippen LogP contribution in [0, 0.1) is 42.9 Å². The van der Waals surface area contributed by atoms with Gasteiger partial charge in [-0.05, 0) is 41.5 Å². The highest BCUT2D eigenvalue weighted by Gasteiger charge is 2.30. The number of hydrogen-bond acceptors (Lipinski definition) is 8. The number of nitrogens with two attached hydrogens (primary N) is 1. The zero-order valence-corrected chi connectivity index (χ0v) is 19.1. The number of nitrogen functional groups attached to an aromatic ring is 1. The molecule has 0 atom stereocenters. The highest BCUT2D eigenvalue weighted by molar-refractivity contribution is 5.91. The summed E-state index contributed by atoms with van der Waals surface area (Å²) in [6, 6.07) is 15.5. The third kappa shape index (κ3) is 3.46. The Kier molecular flexibility index (Phi) is 5.39. The van der Waals surface area contributed by atoms with E-state index in [1.807, 2.05) is 12.1 Å². The van der Waals surface area contributed by atoms with Crippen LogP contribution in [0.25, 0.3) is 27.8 Å². The van der Waals surface area contributed by atoms with Crippen molar-refractivity contribution in [2.75, 3.05) is 5.73 Å². The van der Waals surface area contributed by atoms with Crippen molar-refractivity contribution in [1.29, 1.82) is 10.5 Å². The molecule has 1 aliphatic carbocycles. The lowest BCUT2D eigenvalue weighted by atomic mass is 9.82. The summed E-state index contributed by atoms with van der Waals surface area (Å²) in [5.74, 6) is -0.182. The summed E-state index contributed by atoms with van der Waals surface area (Å²) in [7, 11) is 0. The topological polar surface area (TPSA) is 181 Å². The lowest BCUT2D eigenvalue weighted by Crippen LogP contribution is -2.26. The Labute approximate surface area is 208 Å². The molecule has 11 nitrogen and oxygen atoms in total. The maximum absolute atomic E-state index is 13.6. The van der Waals surface area contributed by atoms with Gasteiger partial charge in [0.25, 0.3) is 16.9 Å². The minimum atomic E-state index is -0.745. The van der Waals surface area contributed by atoms with Crippen LogP contribution in [-0.2, 0) is 12.8 Å². The van der Waals surface area contributed by atoms with E-state index >= 15 is 0 Å². The van der Waals surface area contributed by atoms with Gasteiger partial charge in [-0.15, -0.1) is 0 Å². The number of anilines is 1. The Balaban J connectivity index is 1.99. The fraction of sp³-hybridized carbons (Fsp3) is 0.115. The van der Waals surface area contributed by atoms with E-state index < -0.39 is 15.4 Å². The molecule has 37 heavy (non-hydrogen) atoms. The number of nitrogens with zero attached hydrogens (tertiary/aromatic N) is 5. The molecule has 0 saturated carbocycles. The molecule has 0 radical (unpaired) electrons. The average molecular weight is 492 g/mol. The van der Waals surface area contributed by atoms with E-state index in [0.717, 1.165) is 4.40 Å². The second-order valence-corrected chi connectivity index (χ2v) is 8.52. The first-order valence-electron chi connectivity index (χ1n) is 11.1. The molecule has 2 aromatic heterocycles. The summed E-state index contributed by atoms with van der Waals surface area (Å²) in [6.07, 6.45) is 1.48. The summed E-state index contributed by atoms with van der Waals surface area (Å²) >= 11 is 0. The van der Waals surface area contributed by atoms with Gasteiger partial charge in [-0.1, -0.05) is 24.3 Å². The molecule has 1 aliphatic rings. The highest BCUT2D eigenvalue weighted by Crippen LogP contribution is 2.42. The smallest absolute Gasteiger partial charge is 0.275 e. The van der Waals surface area contributed by atoms with Crippen molar-refractivity contribution in [2.24, 2.45) is 0 Å². The molecule has 0 bridgehead atoms. The molecule has 2 N–H and O–H groups in total. The fourth-order valence-corrected chi connectivity index (χ4v) is 5.11. The van der Waals surface area contributed by atoms with Crippen LogP contribution in [0.15, 0.2) is 53.3 Å². The van der Waals surface area contributed by atoms with Gasteiger partial charge in [-0.25, -0.2) is 0 Å². The number of nitro groups is 2. The minimum absolute atomic E-state index is 0.0232. The van der Waals surface area contributed by atoms with E-state index in [-0.39, 0.29) is 33.9 Å². The number of benzene rings is 2. The summed E-state index contributed by atoms with van der Waals surface area (Å²) in [6.45, 7) is 0. The van der Waals surface area contributed by atoms with E-state index in [2.05, 4.69) is 0 Å². The Hall–Kier alpha value is -5.55. The van der Waals surface area contributed by atoms with Crippen molar-refractivity contribution < 1.29 is 9.85 Å². The fourth-order valence-electron chi connectivity index (χ4n) is 5.11. The largest absolute Gasteiger partial charge is 0.384 e. The van der Waals surface area contributed by atoms with Gasteiger partial charge in [-0.3, -0.25) is 29.4 Å². The van der Waals surface area contributed by atoms with Crippen LogP contribution >= 0.6 is 0 Å². The summed E-state index contributed by atoms with van der Waals surface area (Å²) in [5.41, 5.74) is 8.02. The van der Waals surface area contributed by atoms with Crippen LogP contribution in [0.2, 0.25) is 0 Å². The highest BCUT2D eigenvalue weighted by atomic mass is 16.6. The average Bonchev–Trinajstić information content (AvgIpc) is 2.90. The first kappa shape index (κ1) is 23.2. The number of aryl methyl sites for hydroxylation is 2. The van der Waals surface area contributed by atoms with E-state index in [0.29, 0.717) is 52.6 Å². The number of rotatable bonds is 4. The van der Waals surface area contributed by atoms with Crippen molar-refractivity contribution >= 4 is 22.7 Å². The molecule has 0 aliphatic heterocycles. The van der Waals surface area contributed by atoms with Crippen molar-refractivity contribution in [1.82, 2.24) is 4.40 Å². The maximum atomic E-state index is 13.6. The first-order valence-corrected chi connectivity index (χ1v) is 11.1. The van der Waals surface area contributed by atoms with Crippen LogP contribution in [0.1, 0.15) is 28.7 Å². The third-order valence-corrected chi connectivity index (χ3v) is 6.58. The Bertz CT molecular complexity index is 1820. The second kappa shape index (κ2) is 8.59. The molecule has 0 amide bonds. The van der Waals surface area contributed by atoms with Gasteiger partial charge in [0.05, 0.1) is 15.4 Å². The van der Waals surface area contributed by atoms with Crippen LogP contribution in [0.5, 0.6) is 0 Å². The van der Waals surface area contributed by atoms with E-state index in [1.165, 1.54) is 36.4 Å². The van der Waals surface area contributed by atoms with Crippen molar-refractivity contribution in [2.45, 2.75) is 19.3 Å². The van der Waals surface area contributed by atoms with Gasteiger partial charge in [-0.2, -0.15) is 10.5 Å². The molecule has 0 saturated heterocycles. The molecule has 2 heterocycles. The van der Waals surface area contributed by atoms with Crippen LogP contribution in [0.3, 0.4) is 0 Å². The molecule has 4 aromatic rings. The van der Waals surface area contributed by atoms with Gasteiger partial charge in [0.1, 0.15) is 29.1 Å². The normalized spacial score (nSPS) is 12.1. The number of non-ortho nitro benzene ring substituents is 2. The SMILES string of the molecule is N#Cc1c(-c2cccc([N+](=O)[O-])c2)c2c3c(c(-c4cccc([N+](=O)[O-])c4)c(C#N)c(=O)n3c1N)CCC2. The zero-order valence-electron chi connectivity index (χ0n) is 19.1. The molecule has 180 valence electrons. The van der Waals surface area contributed by atoms with Gasteiger partial charge < -0.3 is 5.73 Å². The predicted octanol–water partition coefficient (Wildman–Crippen LogP) is 4.26. The maximum Gasteiger partial charge on any atom is 0.275 e. The predicted molar refractivity (Wildman–Crippen MR) is 134 cm³/mol. The lowest BCUT2D eigenvalue weighted by molar-refractivity contribution is -0.385. The number of nitriles is 2. The van der Waals surface area contributed by atoms with Crippen LogP contribution < -0.4 is 11.3 Å². The van der Waals surface area contributed by atoms with Crippen molar-refractivity contribution in [3.63, 3.8) is 0 Å². The van der Waals surface area contributed by atoms with Crippen molar-refractivity contribution in [3.05, 3.63) is 101 Å². The van der Waals surface area contributed by atoms with Gasteiger partial charge in [0.15, 0.2) is 0 Å².